The van der Waals surface area contributed by atoms with E-state index in [2.05, 4.69) is 26.6 Å². The van der Waals surface area contributed by atoms with Crippen molar-refractivity contribution >= 4 is 10.4 Å². The zero-order chi connectivity index (χ0) is 33.8. The van der Waals surface area contributed by atoms with Crippen LogP contribution in [-0.4, -0.2) is 90.4 Å². The Bertz CT molecular complexity index is 1030. The maximum absolute atomic E-state index is 13.7. The summed E-state index contributed by atoms with van der Waals surface area (Å²) in [5.41, 5.74) is 0. The lowest BCUT2D eigenvalue weighted by atomic mass is 9.73. The Morgan fingerprint density at radius 1 is 0.787 bits per heavy atom. The molecule has 0 radical (unpaired) electrons. The van der Waals surface area contributed by atoms with Crippen molar-refractivity contribution in [2.45, 2.75) is 145 Å². The highest BCUT2D eigenvalue weighted by molar-refractivity contribution is 7.96. The highest BCUT2D eigenvalue weighted by Crippen LogP contribution is 2.42. The normalized spacial score (nSPS) is 38.6. The van der Waals surface area contributed by atoms with Crippen LogP contribution in [0, 0.1) is 17.8 Å². The van der Waals surface area contributed by atoms with Gasteiger partial charge < -0.3 is 14.0 Å². The van der Waals surface area contributed by atoms with Gasteiger partial charge >= 0.3 is 12.4 Å². The van der Waals surface area contributed by atoms with Gasteiger partial charge in [0.15, 0.2) is 6.35 Å². The van der Waals surface area contributed by atoms with E-state index in [1.54, 1.807) is 11.4 Å². The molecule has 8 atom stereocenters. The summed E-state index contributed by atoms with van der Waals surface area (Å²) in [5.74, 6) is -0.469. The van der Waals surface area contributed by atoms with Gasteiger partial charge in [0, 0.05) is 32.3 Å². The van der Waals surface area contributed by atoms with E-state index in [4.69, 9.17) is 9.47 Å². The molecule has 5 fully saturated rings. The first-order chi connectivity index (χ1) is 22.2. The van der Waals surface area contributed by atoms with Crippen LogP contribution in [0.3, 0.4) is 0 Å². The molecule has 274 valence electrons. The topological polar surface area (TPSA) is 122 Å². The number of rotatable bonds is 10. The summed E-state index contributed by atoms with van der Waals surface area (Å²) >= 11 is 0. The first-order valence-corrected chi connectivity index (χ1v) is 18.8. The van der Waals surface area contributed by atoms with Gasteiger partial charge in [0.2, 0.25) is 0 Å². The second kappa shape index (κ2) is 16.1. The van der Waals surface area contributed by atoms with E-state index in [1.165, 1.54) is 0 Å². The second-order valence-electron chi connectivity index (χ2n) is 14.1. The number of ether oxygens (including phenoxy) is 2. The predicted molar refractivity (Wildman–Crippen MR) is 163 cm³/mol. The highest BCUT2D eigenvalue weighted by atomic mass is 32.3. The lowest BCUT2D eigenvalue weighted by Crippen LogP contribution is -2.76. The molecule has 5 N–H and O–H groups in total. The van der Waals surface area contributed by atoms with E-state index >= 15 is 0 Å². The standard InChI is InChI=1S/C30H52F6N6O4S/c1-45-24-10-8-19(9-11-24)20-4-2-7-25(16-20)47(43,44)42-14-12-22(13-15-42)37-26-39-27(41-28(40-26)46-18-29(31,32)33)38-23-6-3-5-21(17-23)30(34,35)36/h19-28,37-41H,2-18H2,1H3. The number of nitrogens with one attached hydrogen (secondary N) is 5. The quantitative estimate of drug-likeness (QED) is 0.168. The SMILES string of the molecule is COC1CCC(C2CCCC([S+](=O)([O-])N3CCC(NC4NC(NC5CCCC(C(F)(F)F)C5)NC(OCC(F)(F)F)N4)CC3)C2)CC1. The minimum atomic E-state index is -4.57. The van der Waals surface area contributed by atoms with E-state index in [0.717, 1.165) is 38.5 Å². The van der Waals surface area contributed by atoms with Gasteiger partial charge in [-0.3, -0.25) is 26.6 Å². The van der Waals surface area contributed by atoms with Crippen molar-refractivity contribution in [2.75, 3.05) is 26.8 Å². The fourth-order valence-electron chi connectivity index (χ4n) is 8.35. The number of alkyl halides is 6. The third-order valence-electron chi connectivity index (χ3n) is 10.9. The van der Waals surface area contributed by atoms with Crippen LogP contribution >= 0.6 is 0 Å². The Morgan fingerprint density at radius 3 is 2.04 bits per heavy atom. The van der Waals surface area contributed by atoms with Crippen molar-refractivity contribution in [2.24, 2.45) is 17.8 Å². The zero-order valence-electron chi connectivity index (χ0n) is 27.1. The molecular weight excluding hydrogens is 654 g/mol. The minimum Gasteiger partial charge on any atom is -0.597 e. The Balaban J connectivity index is 1.13. The van der Waals surface area contributed by atoms with Crippen molar-refractivity contribution in [1.82, 2.24) is 30.9 Å². The maximum atomic E-state index is 13.7. The molecule has 10 nitrogen and oxygen atoms in total. The molecule has 0 spiro atoms. The molecule has 5 aliphatic rings. The number of methoxy groups -OCH3 is 1. The fourth-order valence-corrected chi connectivity index (χ4v) is 10.4. The number of piperidine rings is 1. The number of nitrogens with zero attached hydrogens (tertiary/aromatic N) is 1. The number of hydrogen-bond acceptors (Lipinski definition) is 9. The van der Waals surface area contributed by atoms with Crippen LogP contribution in [0.1, 0.15) is 89.9 Å². The van der Waals surface area contributed by atoms with Crippen LogP contribution in [0.5, 0.6) is 0 Å². The van der Waals surface area contributed by atoms with Gasteiger partial charge in [-0.1, -0.05) is 10.6 Å². The predicted octanol–water partition coefficient (Wildman–Crippen LogP) is 4.27. The van der Waals surface area contributed by atoms with Gasteiger partial charge in [0.25, 0.3) is 0 Å². The van der Waals surface area contributed by atoms with E-state index in [9.17, 15) is 35.1 Å². The summed E-state index contributed by atoms with van der Waals surface area (Å²) < 4.78 is 118. The molecular formula is C30H52F6N6O4S. The van der Waals surface area contributed by atoms with E-state index in [1.807, 2.05) is 0 Å². The fraction of sp³-hybridized carbons (Fsp3) is 1.00. The lowest BCUT2D eigenvalue weighted by molar-refractivity contribution is -0.199. The maximum Gasteiger partial charge on any atom is 0.411 e. The third-order valence-corrected chi connectivity index (χ3v) is 13.3. The Morgan fingerprint density at radius 2 is 1.43 bits per heavy atom. The first kappa shape index (κ1) is 37.6. The van der Waals surface area contributed by atoms with Crippen LogP contribution in [0.2, 0.25) is 0 Å². The van der Waals surface area contributed by atoms with Gasteiger partial charge in [0.05, 0.1) is 12.0 Å². The summed E-state index contributed by atoms with van der Waals surface area (Å²) in [4.78, 5) is 0. The van der Waals surface area contributed by atoms with E-state index in [-0.39, 0.29) is 24.1 Å². The summed E-state index contributed by atoms with van der Waals surface area (Å²) in [5, 5.41) is 14.9. The van der Waals surface area contributed by atoms with Crippen molar-refractivity contribution < 1.29 is 44.6 Å². The molecule has 8 unspecified atom stereocenters. The number of halogens is 6. The molecule has 2 aliphatic heterocycles. The molecule has 0 amide bonds. The monoisotopic (exact) mass is 706 g/mol. The van der Waals surface area contributed by atoms with Crippen LogP contribution < -0.4 is 26.6 Å². The second-order valence-corrected chi connectivity index (χ2v) is 16.4. The zero-order valence-corrected chi connectivity index (χ0v) is 27.9. The van der Waals surface area contributed by atoms with Gasteiger partial charge in [-0.05, 0) is 95.3 Å². The highest BCUT2D eigenvalue weighted by Gasteiger charge is 2.45. The number of sulfonamides is 1. The van der Waals surface area contributed by atoms with Gasteiger partial charge in [-0.15, -0.1) is 4.31 Å². The van der Waals surface area contributed by atoms with Crippen molar-refractivity contribution in [3.63, 3.8) is 0 Å². The first-order valence-electron chi connectivity index (χ1n) is 17.3. The summed E-state index contributed by atoms with van der Waals surface area (Å²) in [7, 11) is -1.73. The van der Waals surface area contributed by atoms with E-state index in [0.29, 0.717) is 69.6 Å². The molecule has 0 aromatic rings. The Labute approximate surface area is 275 Å². The molecule has 47 heavy (non-hydrogen) atoms. The molecule has 0 bridgehead atoms. The van der Waals surface area contributed by atoms with E-state index < -0.39 is 60.3 Å². The number of hydrogen-bond donors (Lipinski definition) is 5. The van der Waals surface area contributed by atoms with Crippen molar-refractivity contribution in [3.05, 3.63) is 0 Å². The molecule has 3 aliphatic carbocycles. The minimum absolute atomic E-state index is 0.0573. The third kappa shape index (κ3) is 10.7. The Hall–Kier alpha value is -0.630. The molecule has 0 aromatic carbocycles. The molecule has 17 heteroatoms. The summed E-state index contributed by atoms with van der Waals surface area (Å²) in [6.45, 7) is -0.841. The van der Waals surface area contributed by atoms with Crippen LogP contribution in [-0.2, 0) is 24.1 Å². The van der Waals surface area contributed by atoms with Crippen LogP contribution in [0.4, 0.5) is 26.3 Å². The molecule has 2 saturated heterocycles. The molecule has 2 heterocycles. The summed E-state index contributed by atoms with van der Waals surface area (Å²) in [6, 6.07) is -0.636. The van der Waals surface area contributed by atoms with Gasteiger partial charge in [0.1, 0.15) is 34.8 Å². The largest absolute Gasteiger partial charge is 0.597 e. The molecule has 5 rings (SSSR count). The summed E-state index contributed by atoms with van der Waals surface area (Å²) in [6.07, 6.45) is -1.94. The Kier molecular flexibility index (Phi) is 12.9. The average Bonchev–Trinajstić information content (AvgIpc) is 3.03. The van der Waals surface area contributed by atoms with Crippen molar-refractivity contribution in [1.29, 1.82) is 0 Å². The van der Waals surface area contributed by atoms with Crippen LogP contribution in [0.25, 0.3) is 0 Å². The smallest absolute Gasteiger partial charge is 0.411 e. The molecule has 0 aromatic heterocycles. The molecule has 3 saturated carbocycles. The average molecular weight is 707 g/mol. The van der Waals surface area contributed by atoms with Gasteiger partial charge in [-0.2, -0.15) is 26.3 Å². The lowest BCUT2D eigenvalue weighted by Gasteiger charge is -2.44. The van der Waals surface area contributed by atoms with Gasteiger partial charge in [-0.25, -0.2) is 0 Å². The van der Waals surface area contributed by atoms with Crippen LogP contribution in [0.15, 0.2) is 0 Å². The van der Waals surface area contributed by atoms with Crippen molar-refractivity contribution in [3.8, 4) is 0 Å².